The zero-order valence-electron chi connectivity index (χ0n) is 6.34. The zero-order chi connectivity index (χ0) is 6.81. The molecule has 0 aromatic carbocycles. The number of rotatable bonds is 2. The van der Waals surface area contributed by atoms with Gasteiger partial charge in [0.25, 0.3) is 0 Å². The molecule has 10 heavy (non-hydrogen) atoms. The fourth-order valence-electron chi connectivity index (χ4n) is 1.74. The van der Waals surface area contributed by atoms with Gasteiger partial charge in [-0.05, 0) is 38.0 Å². The van der Waals surface area contributed by atoms with Crippen LogP contribution >= 0.6 is 0 Å². The van der Waals surface area contributed by atoms with Crippen LogP contribution in [0.25, 0.3) is 0 Å². The summed E-state index contributed by atoms with van der Waals surface area (Å²) in [6.45, 7) is 0. The Morgan fingerprint density at radius 1 is 1.40 bits per heavy atom. The van der Waals surface area contributed by atoms with Crippen molar-refractivity contribution in [2.45, 2.75) is 32.1 Å². The normalized spacial score (nSPS) is 30.0. The van der Waals surface area contributed by atoms with Crippen molar-refractivity contribution in [1.82, 2.24) is 0 Å². The van der Waals surface area contributed by atoms with Crippen molar-refractivity contribution in [1.29, 1.82) is 0 Å². The van der Waals surface area contributed by atoms with Crippen LogP contribution in [0.3, 0.4) is 0 Å². The third kappa shape index (κ3) is 1.16. The average Bonchev–Trinajstić information content (AvgIpc) is 2.29. The first kappa shape index (κ1) is 6.21. The Hall–Kier alpha value is -0.520. The molecule has 0 heteroatoms. The lowest BCUT2D eigenvalue weighted by Crippen LogP contribution is -2.00. The van der Waals surface area contributed by atoms with Crippen LogP contribution in [0, 0.1) is 5.92 Å². The van der Waals surface area contributed by atoms with Crippen molar-refractivity contribution in [3.05, 3.63) is 23.8 Å². The van der Waals surface area contributed by atoms with Crippen molar-refractivity contribution < 1.29 is 0 Å². The van der Waals surface area contributed by atoms with Gasteiger partial charge in [-0.15, -0.1) is 0 Å². The number of hydrogen-bond acceptors (Lipinski definition) is 0. The maximum Gasteiger partial charge on any atom is -0.0193 e. The van der Waals surface area contributed by atoms with Gasteiger partial charge in [-0.25, -0.2) is 0 Å². The van der Waals surface area contributed by atoms with Crippen LogP contribution in [-0.2, 0) is 0 Å². The van der Waals surface area contributed by atoms with Crippen molar-refractivity contribution in [2.24, 2.45) is 5.92 Å². The second-order valence-corrected chi connectivity index (χ2v) is 3.37. The highest BCUT2D eigenvalue weighted by atomic mass is 14.2. The Morgan fingerprint density at radius 2 is 2.30 bits per heavy atom. The summed E-state index contributed by atoms with van der Waals surface area (Å²) in [6, 6.07) is 0. The Labute approximate surface area is 62.6 Å². The summed E-state index contributed by atoms with van der Waals surface area (Å²) in [5, 5.41) is 0. The lowest BCUT2D eigenvalue weighted by atomic mass is 9.89. The third-order valence-corrected chi connectivity index (χ3v) is 2.54. The highest BCUT2D eigenvalue weighted by molar-refractivity contribution is 5.15. The van der Waals surface area contributed by atoms with Crippen LogP contribution in [0.1, 0.15) is 32.1 Å². The Bertz CT molecular complexity index is 174. The van der Waals surface area contributed by atoms with E-state index in [1.165, 1.54) is 32.1 Å². The molecule has 1 atom stereocenters. The van der Waals surface area contributed by atoms with Gasteiger partial charge >= 0.3 is 0 Å². The summed E-state index contributed by atoms with van der Waals surface area (Å²) in [5.41, 5.74) is 1.71. The summed E-state index contributed by atoms with van der Waals surface area (Å²) in [7, 11) is 0. The van der Waals surface area contributed by atoms with Gasteiger partial charge in [0.05, 0.1) is 0 Å². The highest BCUT2D eigenvalue weighted by Crippen LogP contribution is 2.30. The first-order valence-electron chi connectivity index (χ1n) is 4.30. The summed E-state index contributed by atoms with van der Waals surface area (Å²) in [4.78, 5) is 0. The molecular weight excluding hydrogens is 120 g/mol. The van der Waals surface area contributed by atoms with Crippen molar-refractivity contribution in [2.75, 3.05) is 0 Å². The largest absolute Gasteiger partial charge is 0.0882 e. The molecule has 0 saturated carbocycles. The molecule has 0 unspecified atom stereocenters. The molecule has 2 rings (SSSR count). The van der Waals surface area contributed by atoms with Crippen LogP contribution in [0.15, 0.2) is 23.8 Å². The van der Waals surface area contributed by atoms with Crippen LogP contribution < -0.4 is 0 Å². The standard InChI is InChI=1S/C10H14/c1-2-5-9(4-1)8-10-6-3-7-10/h1,4,6,9H,2-3,5,7-8H2/t9-/m1/s1. The lowest BCUT2D eigenvalue weighted by Gasteiger charge is -2.17. The van der Waals surface area contributed by atoms with Gasteiger partial charge in [-0.1, -0.05) is 23.8 Å². The molecule has 0 saturated heterocycles. The Morgan fingerprint density at radius 3 is 2.80 bits per heavy atom. The molecule has 2 aliphatic carbocycles. The van der Waals surface area contributed by atoms with Gasteiger partial charge in [-0.3, -0.25) is 0 Å². The quantitative estimate of drug-likeness (QED) is 0.509. The SMILES string of the molecule is C1=C[C@@H](CC2=CCC2)CC1. The average molecular weight is 134 g/mol. The molecule has 0 N–H and O–H groups in total. The monoisotopic (exact) mass is 134 g/mol. The summed E-state index contributed by atoms with van der Waals surface area (Å²) in [5.74, 6) is 0.895. The second kappa shape index (κ2) is 2.61. The van der Waals surface area contributed by atoms with Gasteiger partial charge in [-0.2, -0.15) is 0 Å². The zero-order valence-corrected chi connectivity index (χ0v) is 6.34. The van der Waals surface area contributed by atoms with Gasteiger partial charge in [0.2, 0.25) is 0 Å². The van der Waals surface area contributed by atoms with E-state index in [1.807, 2.05) is 0 Å². The maximum absolute atomic E-state index is 2.40. The number of allylic oxidation sites excluding steroid dienone is 4. The fourth-order valence-corrected chi connectivity index (χ4v) is 1.74. The minimum atomic E-state index is 0.895. The van der Waals surface area contributed by atoms with Crippen molar-refractivity contribution >= 4 is 0 Å². The van der Waals surface area contributed by atoms with Crippen LogP contribution in [-0.4, -0.2) is 0 Å². The van der Waals surface area contributed by atoms with E-state index in [2.05, 4.69) is 18.2 Å². The maximum atomic E-state index is 2.40. The molecule has 0 amide bonds. The molecule has 0 radical (unpaired) electrons. The van der Waals surface area contributed by atoms with Crippen LogP contribution in [0.2, 0.25) is 0 Å². The molecule has 54 valence electrons. The molecule has 0 aromatic heterocycles. The molecule has 2 aliphatic rings. The first-order valence-corrected chi connectivity index (χ1v) is 4.30. The Kier molecular flexibility index (Phi) is 1.62. The molecule has 0 heterocycles. The molecule has 0 fully saturated rings. The predicted molar refractivity (Wildman–Crippen MR) is 43.8 cm³/mol. The first-order chi connectivity index (χ1) is 4.95. The molecule has 0 nitrogen and oxygen atoms in total. The van der Waals surface area contributed by atoms with Crippen molar-refractivity contribution in [3.8, 4) is 0 Å². The molecule has 0 aliphatic heterocycles. The summed E-state index contributed by atoms with van der Waals surface area (Å²) >= 11 is 0. The fraction of sp³-hybridized carbons (Fsp3) is 0.600. The molecule has 0 aromatic rings. The van der Waals surface area contributed by atoms with E-state index >= 15 is 0 Å². The number of hydrogen-bond donors (Lipinski definition) is 0. The molecule has 0 bridgehead atoms. The van der Waals surface area contributed by atoms with Gasteiger partial charge in [0.15, 0.2) is 0 Å². The van der Waals surface area contributed by atoms with Crippen LogP contribution in [0.4, 0.5) is 0 Å². The van der Waals surface area contributed by atoms with E-state index in [4.69, 9.17) is 0 Å². The van der Waals surface area contributed by atoms with Gasteiger partial charge in [0, 0.05) is 0 Å². The van der Waals surface area contributed by atoms with E-state index in [0.29, 0.717) is 0 Å². The Balaban J connectivity index is 1.84. The smallest absolute Gasteiger partial charge is 0.0193 e. The van der Waals surface area contributed by atoms with Crippen LogP contribution in [0.5, 0.6) is 0 Å². The van der Waals surface area contributed by atoms with E-state index in [-0.39, 0.29) is 0 Å². The minimum Gasteiger partial charge on any atom is -0.0882 e. The predicted octanol–water partition coefficient (Wildman–Crippen LogP) is 3.06. The second-order valence-electron chi connectivity index (χ2n) is 3.37. The van der Waals surface area contributed by atoms with E-state index in [1.54, 1.807) is 5.57 Å². The van der Waals surface area contributed by atoms with Crippen molar-refractivity contribution in [3.63, 3.8) is 0 Å². The topological polar surface area (TPSA) is 0 Å². The summed E-state index contributed by atoms with van der Waals surface area (Å²) in [6.07, 6.45) is 13.9. The van der Waals surface area contributed by atoms with Gasteiger partial charge in [0.1, 0.15) is 0 Å². The molecular formula is C10H14. The van der Waals surface area contributed by atoms with E-state index in [0.717, 1.165) is 5.92 Å². The lowest BCUT2D eigenvalue weighted by molar-refractivity contribution is 0.595. The minimum absolute atomic E-state index is 0.895. The molecule has 0 spiro atoms. The summed E-state index contributed by atoms with van der Waals surface area (Å²) < 4.78 is 0. The van der Waals surface area contributed by atoms with E-state index < -0.39 is 0 Å². The highest BCUT2D eigenvalue weighted by Gasteiger charge is 2.13. The van der Waals surface area contributed by atoms with E-state index in [9.17, 15) is 0 Å². The third-order valence-electron chi connectivity index (χ3n) is 2.54. The van der Waals surface area contributed by atoms with Gasteiger partial charge < -0.3 is 0 Å².